The number of benzene rings is 1. The molecule has 0 aliphatic heterocycles. The molecule has 1 aromatic carbocycles. The molecule has 2 aromatic rings. The first-order chi connectivity index (χ1) is 7.79. The van der Waals surface area contributed by atoms with E-state index in [-0.39, 0.29) is 0 Å². The highest BCUT2D eigenvalue weighted by Gasteiger charge is 2.00. The second-order valence-electron chi connectivity index (χ2n) is 3.91. The summed E-state index contributed by atoms with van der Waals surface area (Å²) in [4.78, 5) is 5.36. The van der Waals surface area contributed by atoms with Gasteiger partial charge in [0.15, 0.2) is 0 Å². The van der Waals surface area contributed by atoms with Crippen molar-refractivity contribution in [3.63, 3.8) is 0 Å². The molecule has 1 unspecified atom stereocenters. The molecule has 0 saturated heterocycles. The highest BCUT2D eigenvalue weighted by atomic mass is 32.2. The van der Waals surface area contributed by atoms with Gasteiger partial charge in [0.25, 0.3) is 0 Å². The lowest BCUT2D eigenvalue weighted by Crippen LogP contribution is -2.17. The zero-order chi connectivity index (χ0) is 11.4. The van der Waals surface area contributed by atoms with Crippen molar-refractivity contribution in [3.8, 4) is 0 Å². The van der Waals surface area contributed by atoms with E-state index in [0.717, 1.165) is 6.42 Å². The zero-order valence-corrected chi connectivity index (χ0v) is 10.4. The van der Waals surface area contributed by atoms with E-state index >= 15 is 0 Å². The third-order valence-corrected chi connectivity index (χ3v) is 3.61. The van der Waals surface area contributed by atoms with E-state index in [9.17, 15) is 0 Å². The number of pyridine rings is 1. The summed E-state index contributed by atoms with van der Waals surface area (Å²) in [6, 6.07) is 9.02. The standard InChI is InChI=1S/C13H16N2S/c1-3-10(2)15-16-13-5-4-12-9-14-7-6-11(12)8-13/h4-10,15H,3H2,1-2H3. The smallest absolute Gasteiger partial charge is 0.0346 e. The van der Waals surface area contributed by atoms with Crippen molar-refractivity contribution < 1.29 is 0 Å². The maximum Gasteiger partial charge on any atom is 0.0346 e. The second kappa shape index (κ2) is 5.32. The van der Waals surface area contributed by atoms with E-state index in [4.69, 9.17) is 0 Å². The van der Waals surface area contributed by atoms with Crippen LogP contribution < -0.4 is 4.72 Å². The third kappa shape index (κ3) is 2.74. The molecule has 1 N–H and O–H groups in total. The Labute approximate surface area is 101 Å². The van der Waals surface area contributed by atoms with Crippen molar-refractivity contribution in [1.82, 2.24) is 9.71 Å². The zero-order valence-electron chi connectivity index (χ0n) is 9.60. The summed E-state index contributed by atoms with van der Waals surface area (Å²) in [5.41, 5.74) is 0. The summed E-state index contributed by atoms with van der Waals surface area (Å²) >= 11 is 1.70. The lowest BCUT2D eigenvalue weighted by molar-refractivity contribution is 0.669. The van der Waals surface area contributed by atoms with Crippen LogP contribution in [-0.2, 0) is 0 Å². The van der Waals surface area contributed by atoms with Crippen LogP contribution in [0.5, 0.6) is 0 Å². The molecule has 1 atom stereocenters. The average Bonchev–Trinajstić information content (AvgIpc) is 2.35. The van der Waals surface area contributed by atoms with Gasteiger partial charge in [0.05, 0.1) is 0 Å². The summed E-state index contributed by atoms with van der Waals surface area (Å²) in [6.07, 6.45) is 4.87. The fourth-order valence-electron chi connectivity index (χ4n) is 1.38. The molecule has 3 heteroatoms. The van der Waals surface area contributed by atoms with Crippen LogP contribution in [0.2, 0.25) is 0 Å². The van der Waals surface area contributed by atoms with Gasteiger partial charge in [-0.1, -0.05) is 13.0 Å². The van der Waals surface area contributed by atoms with Crippen LogP contribution in [0.15, 0.2) is 41.6 Å². The first-order valence-corrected chi connectivity index (χ1v) is 6.37. The maximum absolute atomic E-state index is 4.11. The van der Waals surface area contributed by atoms with E-state index in [2.05, 4.69) is 41.8 Å². The Hall–Kier alpha value is -1.06. The molecule has 2 nitrogen and oxygen atoms in total. The molecule has 0 fully saturated rings. The molecule has 84 valence electrons. The normalized spacial score (nSPS) is 12.9. The SMILES string of the molecule is CCC(C)NSc1ccc2cnccc2c1. The Bertz CT molecular complexity index is 470. The van der Waals surface area contributed by atoms with Crippen molar-refractivity contribution in [2.45, 2.75) is 31.2 Å². The summed E-state index contributed by atoms with van der Waals surface area (Å²) in [6.45, 7) is 4.38. The molecule has 0 radical (unpaired) electrons. The molecule has 0 saturated carbocycles. The van der Waals surface area contributed by atoms with Crippen LogP contribution in [-0.4, -0.2) is 11.0 Å². The Morgan fingerprint density at radius 2 is 2.19 bits per heavy atom. The molecule has 0 spiro atoms. The fraction of sp³-hybridized carbons (Fsp3) is 0.308. The highest BCUT2D eigenvalue weighted by Crippen LogP contribution is 2.21. The van der Waals surface area contributed by atoms with Crippen molar-refractivity contribution in [2.24, 2.45) is 0 Å². The predicted octanol–water partition coefficient (Wildman–Crippen LogP) is 3.63. The van der Waals surface area contributed by atoms with Gasteiger partial charge < -0.3 is 0 Å². The Balaban J connectivity index is 2.13. The molecule has 0 aliphatic rings. The Morgan fingerprint density at radius 3 is 3.00 bits per heavy atom. The van der Waals surface area contributed by atoms with E-state index in [1.165, 1.54) is 15.7 Å². The number of hydrogen-bond donors (Lipinski definition) is 1. The number of nitrogens with one attached hydrogen (secondary N) is 1. The molecule has 1 heterocycles. The molecule has 2 rings (SSSR count). The number of aromatic nitrogens is 1. The van der Waals surface area contributed by atoms with Gasteiger partial charge in [-0.3, -0.25) is 9.71 Å². The highest BCUT2D eigenvalue weighted by molar-refractivity contribution is 7.97. The molecular formula is C13H16N2S. The topological polar surface area (TPSA) is 24.9 Å². The van der Waals surface area contributed by atoms with E-state index < -0.39 is 0 Å². The van der Waals surface area contributed by atoms with E-state index in [0.29, 0.717) is 6.04 Å². The third-order valence-electron chi connectivity index (χ3n) is 2.60. The van der Waals surface area contributed by atoms with Gasteiger partial charge >= 0.3 is 0 Å². The fourth-order valence-corrected chi connectivity index (χ4v) is 2.20. The number of fused-ring (bicyclic) bond motifs is 1. The second-order valence-corrected chi connectivity index (χ2v) is 4.83. The van der Waals surface area contributed by atoms with Gasteiger partial charge in [-0.2, -0.15) is 0 Å². The first kappa shape index (κ1) is 11.4. The molecule has 16 heavy (non-hydrogen) atoms. The number of rotatable bonds is 4. The predicted molar refractivity (Wildman–Crippen MR) is 70.5 cm³/mol. The van der Waals surface area contributed by atoms with Gasteiger partial charge in [-0.25, -0.2) is 0 Å². The van der Waals surface area contributed by atoms with Crippen LogP contribution >= 0.6 is 11.9 Å². The Kier molecular flexibility index (Phi) is 3.80. The first-order valence-electron chi connectivity index (χ1n) is 5.55. The van der Waals surface area contributed by atoms with Crippen molar-refractivity contribution in [1.29, 1.82) is 0 Å². The van der Waals surface area contributed by atoms with Gasteiger partial charge in [-0.15, -0.1) is 0 Å². The minimum Gasteiger partial charge on any atom is -0.264 e. The maximum atomic E-state index is 4.11. The van der Waals surface area contributed by atoms with E-state index in [1.54, 1.807) is 11.9 Å². The lowest BCUT2D eigenvalue weighted by atomic mass is 10.2. The van der Waals surface area contributed by atoms with Gasteiger partial charge in [0.1, 0.15) is 0 Å². The monoisotopic (exact) mass is 232 g/mol. The summed E-state index contributed by atoms with van der Waals surface area (Å²) in [5.74, 6) is 0. The van der Waals surface area contributed by atoms with Crippen molar-refractivity contribution in [3.05, 3.63) is 36.7 Å². The summed E-state index contributed by atoms with van der Waals surface area (Å²) in [5, 5.41) is 2.43. The minimum absolute atomic E-state index is 0.540. The number of hydrogen-bond acceptors (Lipinski definition) is 3. The molecule has 0 aliphatic carbocycles. The van der Waals surface area contributed by atoms with Crippen molar-refractivity contribution >= 4 is 22.7 Å². The molecule has 0 bridgehead atoms. The average molecular weight is 232 g/mol. The van der Waals surface area contributed by atoms with Crippen LogP contribution in [0.3, 0.4) is 0 Å². The van der Waals surface area contributed by atoms with Crippen LogP contribution in [0.1, 0.15) is 20.3 Å². The minimum atomic E-state index is 0.540. The molecular weight excluding hydrogens is 216 g/mol. The van der Waals surface area contributed by atoms with Crippen LogP contribution in [0.4, 0.5) is 0 Å². The quantitative estimate of drug-likeness (QED) is 0.815. The summed E-state index contributed by atoms with van der Waals surface area (Å²) < 4.78 is 3.41. The van der Waals surface area contributed by atoms with Gasteiger partial charge in [0.2, 0.25) is 0 Å². The lowest BCUT2D eigenvalue weighted by Gasteiger charge is -2.10. The van der Waals surface area contributed by atoms with Crippen LogP contribution in [0.25, 0.3) is 10.8 Å². The largest absolute Gasteiger partial charge is 0.264 e. The molecule has 1 aromatic heterocycles. The molecule has 0 amide bonds. The van der Waals surface area contributed by atoms with Gasteiger partial charge in [-0.05, 0) is 48.9 Å². The number of nitrogens with zero attached hydrogens (tertiary/aromatic N) is 1. The summed E-state index contributed by atoms with van der Waals surface area (Å²) in [7, 11) is 0. The van der Waals surface area contributed by atoms with Gasteiger partial charge in [0, 0.05) is 28.7 Å². The van der Waals surface area contributed by atoms with Crippen LogP contribution in [0, 0.1) is 0 Å². The van der Waals surface area contributed by atoms with E-state index in [1.807, 2.05) is 18.5 Å². The van der Waals surface area contributed by atoms with Crippen molar-refractivity contribution in [2.75, 3.05) is 0 Å². The Morgan fingerprint density at radius 1 is 1.31 bits per heavy atom.